The van der Waals surface area contributed by atoms with Crippen LogP contribution in [0.15, 0.2) is 18.2 Å². The van der Waals surface area contributed by atoms with Crippen molar-refractivity contribution < 1.29 is 24.2 Å². The molecule has 1 rings (SSSR count). The molecule has 0 aliphatic carbocycles. The number of halogens is 2. The van der Waals surface area contributed by atoms with Gasteiger partial charge in [0.05, 0.1) is 0 Å². The maximum atomic E-state index is 13.2. The number of Topliss-reactive ketones (excluding diaryl/α,β-unsaturated/α-hetero) is 1. The Balaban J connectivity index is 3.10. The number of carboxylic acids is 1. The molecule has 0 aromatic heterocycles. The maximum Gasteiger partial charge on any atom is 0.337 e. The molecule has 6 heteroatoms. The predicted molar refractivity (Wildman–Crippen MR) is 61.7 cm³/mol. The largest absolute Gasteiger partial charge is 0.479 e. The monoisotopic (exact) mass is 304 g/mol. The highest BCUT2D eigenvalue weighted by atomic mass is 79.9. The summed E-state index contributed by atoms with van der Waals surface area (Å²) in [5.74, 6) is -2.56. The Morgan fingerprint density at radius 2 is 2.00 bits per heavy atom. The van der Waals surface area contributed by atoms with E-state index in [2.05, 4.69) is 15.9 Å². The van der Waals surface area contributed by atoms with Gasteiger partial charge in [-0.05, 0) is 23.8 Å². The Hall–Kier alpha value is -1.27. The zero-order valence-electron chi connectivity index (χ0n) is 8.69. The lowest BCUT2D eigenvalue weighted by atomic mass is 10.0. The fourth-order valence-corrected chi connectivity index (χ4v) is 1.66. The molecular formula is C11H10BrFO4. The van der Waals surface area contributed by atoms with Gasteiger partial charge in [0, 0.05) is 17.3 Å². The molecule has 17 heavy (non-hydrogen) atoms. The number of aliphatic hydroxyl groups excluding tert-OH is 1. The number of carboxylic acid groups (broad SMARTS) is 1. The number of alkyl halides is 1. The number of carbonyl (C=O) groups is 2. The molecular weight excluding hydrogens is 295 g/mol. The molecule has 1 aromatic rings. The summed E-state index contributed by atoms with van der Waals surface area (Å²) in [7, 11) is 0. The lowest BCUT2D eigenvalue weighted by molar-refractivity contribution is -0.146. The molecule has 0 saturated heterocycles. The van der Waals surface area contributed by atoms with Crippen molar-refractivity contribution in [2.24, 2.45) is 0 Å². The molecule has 0 spiro atoms. The lowest BCUT2D eigenvalue weighted by Crippen LogP contribution is -2.12. The number of carbonyl (C=O) groups excluding carboxylic acids is 1. The smallest absolute Gasteiger partial charge is 0.337 e. The number of benzene rings is 1. The van der Waals surface area contributed by atoms with E-state index in [0.717, 1.165) is 12.1 Å². The van der Waals surface area contributed by atoms with Crippen LogP contribution in [0.3, 0.4) is 0 Å². The second-order valence-corrected chi connectivity index (χ2v) is 4.17. The maximum absolute atomic E-state index is 13.2. The second-order valence-electron chi connectivity index (χ2n) is 3.38. The molecule has 0 radical (unpaired) electrons. The van der Waals surface area contributed by atoms with E-state index in [1.165, 1.54) is 6.07 Å². The number of aliphatic carboxylic acids is 1. The van der Waals surface area contributed by atoms with Crippen molar-refractivity contribution in [2.75, 3.05) is 5.33 Å². The molecule has 0 amide bonds. The van der Waals surface area contributed by atoms with Crippen LogP contribution in [0.25, 0.3) is 0 Å². The van der Waals surface area contributed by atoms with Crippen LogP contribution in [0.5, 0.6) is 0 Å². The van der Waals surface area contributed by atoms with Crippen LogP contribution in [-0.4, -0.2) is 27.3 Å². The average molecular weight is 305 g/mol. The summed E-state index contributed by atoms with van der Waals surface area (Å²) in [5, 5.41) is 18.3. The second kappa shape index (κ2) is 5.88. The molecule has 92 valence electrons. The average Bonchev–Trinajstić information content (AvgIpc) is 2.27. The quantitative estimate of drug-likeness (QED) is 0.644. The summed E-state index contributed by atoms with van der Waals surface area (Å²) in [6.45, 7) is 0. The molecule has 1 atom stereocenters. The standard InChI is InChI=1S/C11H10BrFO4/c12-2-1-9(14)6-3-7(5-8(13)4-6)10(15)11(16)17/h3-5,10,15H,1-2H2,(H,16,17). The summed E-state index contributed by atoms with van der Waals surface area (Å²) >= 11 is 3.08. The first-order valence-electron chi connectivity index (χ1n) is 4.76. The Morgan fingerprint density at radius 1 is 1.35 bits per heavy atom. The van der Waals surface area contributed by atoms with Gasteiger partial charge in [-0.2, -0.15) is 0 Å². The number of aliphatic hydroxyl groups is 1. The van der Waals surface area contributed by atoms with Crippen molar-refractivity contribution in [1.82, 2.24) is 0 Å². The normalized spacial score (nSPS) is 12.2. The first kappa shape index (κ1) is 13.8. The highest BCUT2D eigenvalue weighted by Crippen LogP contribution is 2.18. The first-order valence-corrected chi connectivity index (χ1v) is 5.88. The van der Waals surface area contributed by atoms with Crippen LogP contribution in [-0.2, 0) is 4.79 Å². The molecule has 0 aliphatic rings. The molecule has 0 aliphatic heterocycles. The van der Waals surface area contributed by atoms with E-state index in [0.29, 0.717) is 5.33 Å². The van der Waals surface area contributed by atoms with Crippen molar-refractivity contribution in [3.05, 3.63) is 35.1 Å². The zero-order valence-corrected chi connectivity index (χ0v) is 10.3. The van der Waals surface area contributed by atoms with E-state index in [-0.39, 0.29) is 23.3 Å². The molecule has 0 saturated carbocycles. The van der Waals surface area contributed by atoms with E-state index in [4.69, 9.17) is 5.11 Å². The van der Waals surface area contributed by atoms with Crippen LogP contribution in [0, 0.1) is 5.82 Å². The van der Waals surface area contributed by atoms with Crippen LogP contribution >= 0.6 is 15.9 Å². The van der Waals surface area contributed by atoms with Crippen LogP contribution in [0.1, 0.15) is 28.4 Å². The highest BCUT2D eigenvalue weighted by molar-refractivity contribution is 9.09. The SMILES string of the molecule is O=C(CCBr)c1cc(F)cc(C(O)C(=O)O)c1. The molecule has 0 heterocycles. The summed E-state index contributed by atoms with van der Waals surface area (Å²) in [6.07, 6.45) is -1.66. The van der Waals surface area contributed by atoms with Crippen molar-refractivity contribution in [3.8, 4) is 0 Å². The van der Waals surface area contributed by atoms with Gasteiger partial charge in [0.25, 0.3) is 0 Å². The Morgan fingerprint density at radius 3 is 2.53 bits per heavy atom. The third-order valence-electron chi connectivity index (χ3n) is 2.11. The number of ketones is 1. The zero-order chi connectivity index (χ0) is 13.0. The third kappa shape index (κ3) is 3.61. The van der Waals surface area contributed by atoms with Crippen molar-refractivity contribution in [3.63, 3.8) is 0 Å². The Bertz CT molecular complexity index is 447. The minimum Gasteiger partial charge on any atom is -0.479 e. The van der Waals surface area contributed by atoms with Gasteiger partial charge >= 0.3 is 5.97 Å². The number of hydrogen-bond acceptors (Lipinski definition) is 3. The van der Waals surface area contributed by atoms with Crippen LogP contribution in [0.4, 0.5) is 4.39 Å². The topological polar surface area (TPSA) is 74.6 Å². The first-order chi connectivity index (χ1) is 7.95. The molecule has 4 nitrogen and oxygen atoms in total. The number of hydrogen-bond donors (Lipinski definition) is 2. The van der Waals surface area contributed by atoms with Gasteiger partial charge in [0.1, 0.15) is 5.82 Å². The van der Waals surface area contributed by atoms with E-state index >= 15 is 0 Å². The summed E-state index contributed by atoms with van der Waals surface area (Å²) in [6, 6.07) is 3.10. The minimum atomic E-state index is -1.83. The van der Waals surface area contributed by atoms with Gasteiger partial charge in [-0.3, -0.25) is 4.79 Å². The fraction of sp³-hybridized carbons (Fsp3) is 0.273. The van der Waals surface area contributed by atoms with Gasteiger partial charge in [-0.1, -0.05) is 15.9 Å². The molecule has 0 bridgehead atoms. The summed E-state index contributed by atoms with van der Waals surface area (Å²) in [5.41, 5.74) is -0.0878. The Labute approximate surface area is 105 Å². The van der Waals surface area contributed by atoms with Crippen LogP contribution < -0.4 is 0 Å². The molecule has 2 N–H and O–H groups in total. The predicted octanol–water partition coefficient (Wildman–Crippen LogP) is 1.91. The molecule has 1 unspecified atom stereocenters. The number of rotatable bonds is 5. The third-order valence-corrected chi connectivity index (χ3v) is 2.51. The lowest BCUT2D eigenvalue weighted by Gasteiger charge is -2.08. The summed E-state index contributed by atoms with van der Waals surface area (Å²) < 4.78 is 13.2. The fourth-order valence-electron chi connectivity index (χ4n) is 1.30. The highest BCUT2D eigenvalue weighted by Gasteiger charge is 2.18. The van der Waals surface area contributed by atoms with Gasteiger partial charge in [0.2, 0.25) is 0 Å². The van der Waals surface area contributed by atoms with E-state index in [1.54, 1.807) is 0 Å². The van der Waals surface area contributed by atoms with E-state index in [9.17, 15) is 19.1 Å². The molecule has 0 fully saturated rings. The van der Waals surface area contributed by atoms with Gasteiger partial charge < -0.3 is 10.2 Å². The van der Waals surface area contributed by atoms with Gasteiger partial charge in [-0.25, -0.2) is 9.18 Å². The van der Waals surface area contributed by atoms with E-state index in [1.807, 2.05) is 0 Å². The van der Waals surface area contributed by atoms with Crippen molar-refractivity contribution in [1.29, 1.82) is 0 Å². The minimum absolute atomic E-state index is 0.0553. The van der Waals surface area contributed by atoms with Crippen LogP contribution in [0.2, 0.25) is 0 Å². The Kier molecular flexibility index (Phi) is 4.77. The molecule has 1 aromatic carbocycles. The van der Waals surface area contributed by atoms with Crippen molar-refractivity contribution >= 4 is 27.7 Å². The van der Waals surface area contributed by atoms with Gasteiger partial charge in [0.15, 0.2) is 11.9 Å². The van der Waals surface area contributed by atoms with Gasteiger partial charge in [-0.15, -0.1) is 0 Å². The van der Waals surface area contributed by atoms with Crippen molar-refractivity contribution in [2.45, 2.75) is 12.5 Å². The summed E-state index contributed by atoms with van der Waals surface area (Å²) in [4.78, 5) is 22.1. The van der Waals surface area contributed by atoms with E-state index < -0.39 is 17.9 Å².